The Bertz CT molecular complexity index is 1770. The topological polar surface area (TPSA) is 0 Å². The summed E-state index contributed by atoms with van der Waals surface area (Å²) in [6, 6.07) is 60.2. The maximum atomic E-state index is 2.24. The second-order valence-electron chi connectivity index (χ2n) is 10.6. The molecule has 8 aromatic carbocycles. The van der Waals surface area contributed by atoms with E-state index >= 15 is 0 Å². The fourth-order valence-electron chi connectivity index (χ4n) is 5.84. The van der Waals surface area contributed by atoms with E-state index in [9.17, 15) is 0 Å². The van der Waals surface area contributed by atoms with Crippen LogP contribution in [0.15, 0.2) is 170 Å². The lowest BCUT2D eigenvalue weighted by Crippen LogP contribution is -1.77. The van der Waals surface area contributed by atoms with E-state index in [1.807, 2.05) is 0 Å². The monoisotopic (exact) mass is 522 g/mol. The Kier molecular flexibility index (Phi) is 6.73. The fraction of sp³-hybridized carbons (Fsp3) is 0.0244. The predicted octanol–water partition coefficient (Wildman–Crippen LogP) is 11.2. The molecule has 0 saturated heterocycles. The van der Waals surface area contributed by atoms with Crippen LogP contribution in [-0.2, 0) is 6.42 Å². The van der Waals surface area contributed by atoms with Crippen molar-refractivity contribution in [2.24, 2.45) is 0 Å². The number of hydrogen-bond donors (Lipinski definition) is 0. The highest BCUT2D eigenvalue weighted by Gasteiger charge is 2.15. The Labute approximate surface area is 241 Å². The van der Waals surface area contributed by atoms with Gasteiger partial charge in [-0.05, 0) is 96.0 Å². The van der Waals surface area contributed by atoms with E-state index in [-0.39, 0.29) is 0 Å². The Morgan fingerprint density at radius 2 is 0.463 bits per heavy atom. The maximum absolute atomic E-state index is 2.24. The van der Waals surface area contributed by atoms with Gasteiger partial charge >= 0.3 is 0 Å². The minimum Gasteiger partial charge on any atom is -0.0619 e. The van der Waals surface area contributed by atoms with Gasteiger partial charge in [0.05, 0.1) is 0 Å². The second-order valence-corrected chi connectivity index (χ2v) is 10.6. The van der Waals surface area contributed by atoms with E-state index in [0.717, 1.165) is 6.42 Å². The summed E-state index contributed by atoms with van der Waals surface area (Å²) in [5.74, 6) is 0. The molecule has 0 aromatic heterocycles. The van der Waals surface area contributed by atoms with E-state index in [1.165, 1.54) is 65.3 Å². The first-order chi connectivity index (χ1) is 20.3. The molecular formula is C41H30. The summed E-state index contributed by atoms with van der Waals surface area (Å²) >= 11 is 0. The van der Waals surface area contributed by atoms with E-state index in [4.69, 9.17) is 0 Å². The lowest BCUT2D eigenvalue weighted by atomic mass is 10.0. The first-order valence-corrected chi connectivity index (χ1v) is 14.2. The summed E-state index contributed by atoms with van der Waals surface area (Å²) in [6.45, 7) is 0. The van der Waals surface area contributed by atoms with Crippen LogP contribution >= 0.6 is 0 Å². The lowest BCUT2D eigenvalue weighted by molar-refractivity contribution is 1.26. The molecule has 0 heteroatoms. The van der Waals surface area contributed by atoms with E-state index < -0.39 is 0 Å². The molecule has 0 amide bonds. The van der Waals surface area contributed by atoms with Crippen LogP contribution in [0.2, 0.25) is 0 Å². The van der Waals surface area contributed by atoms with E-state index in [0.29, 0.717) is 0 Å². The zero-order chi connectivity index (χ0) is 27.4. The van der Waals surface area contributed by atoms with Crippen molar-refractivity contribution in [3.8, 4) is 11.1 Å². The average Bonchev–Trinajstić information content (AvgIpc) is 3.42. The largest absolute Gasteiger partial charge is 0.0619 e. The van der Waals surface area contributed by atoms with Gasteiger partial charge < -0.3 is 0 Å². The number of rotatable bonds is 0. The number of hydrogen-bond acceptors (Lipinski definition) is 0. The highest BCUT2D eigenvalue weighted by atomic mass is 14.2. The molecule has 41 heavy (non-hydrogen) atoms. The molecule has 0 unspecified atom stereocenters. The van der Waals surface area contributed by atoms with Gasteiger partial charge in [-0.25, -0.2) is 0 Å². The van der Waals surface area contributed by atoms with Gasteiger partial charge in [0.25, 0.3) is 0 Å². The smallest absolute Gasteiger partial charge is 0.00135 e. The summed E-state index contributed by atoms with van der Waals surface area (Å²) in [5, 5.41) is 10.5. The van der Waals surface area contributed by atoms with Gasteiger partial charge in [-0.3, -0.25) is 0 Å². The summed E-state index contributed by atoms with van der Waals surface area (Å²) in [5.41, 5.74) is 5.75. The third-order valence-corrected chi connectivity index (χ3v) is 7.93. The van der Waals surface area contributed by atoms with Gasteiger partial charge in [-0.15, -0.1) is 0 Å². The summed E-state index contributed by atoms with van der Waals surface area (Å²) in [7, 11) is 0. The molecule has 0 heterocycles. The van der Waals surface area contributed by atoms with Crippen LogP contribution in [0.1, 0.15) is 11.1 Å². The Morgan fingerprint density at radius 1 is 0.244 bits per heavy atom. The summed E-state index contributed by atoms with van der Waals surface area (Å²) < 4.78 is 0. The zero-order valence-electron chi connectivity index (χ0n) is 22.9. The Hall–Kier alpha value is -5.20. The van der Waals surface area contributed by atoms with Crippen molar-refractivity contribution < 1.29 is 0 Å². The molecule has 1 aliphatic carbocycles. The second kappa shape index (κ2) is 11.1. The lowest BCUT2D eigenvalue weighted by Gasteiger charge is -2.00. The van der Waals surface area contributed by atoms with Crippen molar-refractivity contribution in [1.82, 2.24) is 0 Å². The van der Waals surface area contributed by atoms with Crippen LogP contribution in [0, 0.1) is 0 Å². The van der Waals surface area contributed by atoms with Crippen LogP contribution in [0.25, 0.3) is 54.2 Å². The van der Waals surface area contributed by atoms with E-state index in [1.54, 1.807) is 0 Å². The molecule has 0 N–H and O–H groups in total. The van der Waals surface area contributed by atoms with Crippen LogP contribution in [0.3, 0.4) is 0 Å². The number of benzene rings is 8. The van der Waals surface area contributed by atoms with Gasteiger partial charge in [-0.2, -0.15) is 0 Å². The van der Waals surface area contributed by atoms with Crippen molar-refractivity contribution >= 4 is 43.1 Å². The SMILES string of the molecule is c1ccc2c(c1)Cc1ccccc1-2.c1ccc2cc3ccccc3cc2c1.c1ccc2cc3ccccc3cc2c1. The molecular weight excluding hydrogens is 492 g/mol. The third-order valence-electron chi connectivity index (χ3n) is 7.93. The molecule has 194 valence electrons. The van der Waals surface area contributed by atoms with Crippen molar-refractivity contribution in [2.45, 2.75) is 6.42 Å². The molecule has 0 aliphatic heterocycles. The van der Waals surface area contributed by atoms with Crippen molar-refractivity contribution in [1.29, 1.82) is 0 Å². The first-order valence-electron chi connectivity index (χ1n) is 14.2. The van der Waals surface area contributed by atoms with Gasteiger partial charge in [0.2, 0.25) is 0 Å². The predicted molar refractivity (Wildman–Crippen MR) is 178 cm³/mol. The molecule has 0 spiro atoms. The standard InChI is InChI=1S/2C14H10.C13H10/c2*1-2-6-12-10-14-8-4-3-7-13(14)9-11(12)5-1;1-3-7-12-10(5-1)9-11-6-2-4-8-13(11)12/h2*1-10H;1-8H,9H2. The quantitative estimate of drug-likeness (QED) is 0.174. The van der Waals surface area contributed by atoms with Crippen molar-refractivity contribution in [3.05, 3.63) is 181 Å². The van der Waals surface area contributed by atoms with Crippen molar-refractivity contribution in [3.63, 3.8) is 0 Å². The average molecular weight is 523 g/mol. The van der Waals surface area contributed by atoms with E-state index in [2.05, 4.69) is 170 Å². The minimum absolute atomic E-state index is 1.10. The fourth-order valence-corrected chi connectivity index (χ4v) is 5.84. The van der Waals surface area contributed by atoms with Crippen LogP contribution in [0.4, 0.5) is 0 Å². The number of fused-ring (bicyclic) bond motifs is 7. The first kappa shape index (κ1) is 24.8. The molecule has 0 bridgehead atoms. The highest BCUT2D eigenvalue weighted by Crippen LogP contribution is 2.35. The molecule has 0 atom stereocenters. The normalized spacial score (nSPS) is 11.3. The van der Waals surface area contributed by atoms with Gasteiger partial charge in [0, 0.05) is 0 Å². The van der Waals surface area contributed by atoms with Gasteiger partial charge in [-0.1, -0.05) is 146 Å². The molecule has 0 fully saturated rings. The van der Waals surface area contributed by atoms with Crippen LogP contribution in [-0.4, -0.2) is 0 Å². The summed E-state index contributed by atoms with van der Waals surface area (Å²) in [4.78, 5) is 0. The zero-order valence-corrected chi connectivity index (χ0v) is 22.9. The molecule has 0 nitrogen and oxygen atoms in total. The van der Waals surface area contributed by atoms with Crippen LogP contribution < -0.4 is 0 Å². The van der Waals surface area contributed by atoms with Crippen molar-refractivity contribution in [2.75, 3.05) is 0 Å². The maximum Gasteiger partial charge on any atom is -0.00135 e. The summed E-state index contributed by atoms with van der Waals surface area (Å²) in [6.07, 6.45) is 1.10. The Morgan fingerprint density at radius 3 is 0.732 bits per heavy atom. The molecule has 9 rings (SSSR count). The van der Waals surface area contributed by atoms with Crippen LogP contribution in [0.5, 0.6) is 0 Å². The molecule has 1 aliphatic rings. The van der Waals surface area contributed by atoms with Gasteiger partial charge in [0.1, 0.15) is 0 Å². The highest BCUT2D eigenvalue weighted by molar-refractivity contribution is 5.99. The molecule has 0 radical (unpaired) electrons. The van der Waals surface area contributed by atoms with Gasteiger partial charge in [0.15, 0.2) is 0 Å². The molecule has 8 aromatic rings. The Balaban J connectivity index is 0.000000101. The third kappa shape index (κ3) is 5.21. The molecule has 0 saturated carbocycles. The minimum atomic E-state index is 1.10.